The summed E-state index contributed by atoms with van der Waals surface area (Å²) in [6, 6.07) is 9.89. The SMILES string of the molecule is O=c1cc(OCCCC(F)(F)F)cc2[nH]c3cc(Cl)ccc3cc1-2. The van der Waals surface area contributed by atoms with Crippen molar-refractivity contribution in [2.75, 3.05) is 6.61 Å². The first-order valence-electron chi connectivity index (χ1n) is 7.28. The molecule has 1 aliphatic carbocycles. The molecule has 7 heteroatoms. The van der Waals surface area contributed by atoms with E-state index in [1.54, 1.807) is 30.3 Å². The topological polar surface area (TPSA) is 42.1 Å². The van der Waals surface area contributed by atoms with Gasteiger partial charge in [0.05, 0.1) is 12.3 Å². The fourth-order valence-corrected chi connectivity index (χ4v) is 2.63. The highest BCUT2D eigenvalue weighted by Crippen LogP contribution is 2.27. The molecule has 0 amide bonds. The smallest absolute Gasteiger partial charge is 0.389 e. The minimum absolute atomic E-state index is 0.107. The molecule has 0 spiro atoms. The molecule has 1 aromatic rings. The van der Waals surface area contributed by atoms with Gasteiger partial charge in [-0.15, -0.1) is 0 Å². The molecule has 0 unspecified atom stereocenters. The van der Waals surface area contributed by atoms with Gasteiger partial charge in [0.1, 0.15) is 5.75 Å². The van der Waals surface area contributed by atoms with Crippen LogP contribution in [0.4, 0.5) is 13.2 Å². The molecule has 1 aromatic carbocycles. The number of halogens is 4. The van der Waals surface area contributed by atoms with E-state index in [4.69, 9.17) is 16.3 Å². The van der Waals surface area contributed by atoms with Crippen LogP contribution in [-0.2, 0) is 0 Å². The van der Waals surface area contributed by atoms with E-state index in [1.165, 1.54) is 6.07 Å². The lowest BCUT2D eigenvalue weighted by Gasteiger charge is -2.12. The Bertz CT molecular complexity index is 905. The van der Waals surface area contributed by atoms with Crippen molar-refractivity contribution in [3.05, 3.63) is 51.6 Å². The third-order valence-electron chi connectivity index (χ3n) is 3.57. The molecule has 0 fully saturated rings. The highest BCUT2D eigenvalue weighted by molar-refractivity contribution is 6.31. The molecule has 3 nitrogen and oxygen atoms in total. The number of alkyl halides is 3. The Kier molecular flexibility index (Phi) is 4.41. The van der Waals surface area contributed by atoms with Crippen molar-refractivity contribution in [2.45, 2.75) is 19.0 Å². The summed E-state index contributed by atoms with van der Waals surface area (Å²) in [7, 11) is 0. The van der Waals surface area contributed by atoms with E-state index in [-0.39, 0.29) is 24.2 Å². The van der Waals surface area contributed by atoms with E-state index >= 15 is 0 Å². The molecular weight excluding hydrogens is 343 g/mol. The van der Waals surface area contributed by atoms with Gasteiger partial charge in [0.15, 0.2) is 5.43 Å². The highest BCUT2D eigenvalue weighted by atomic mass is 35.5. The number of rotatable bonds is 4. The van der Waals surface area contributed by atoms with Crippen LogP contribution in [0.5, 0.6) is 5.75 Å². The lowest BCUT2D eigenvalue weighted by molar-refractivity contribution is -0.136. The van der Waals surface area contributed by atoms with Crippen molar-refractivity contribution in [3.63, 3.8) is 0 Å². The number of aromatic nitrogens is 1. The van der Waals surface area contributed by atoms with Gasteiger partial charge in [0.2, 0.25) is 0 Å². The summed E-state index contributed by atoms with van der Waals surface area (Å²) in [5, 5.41) is 1.39. The molecule has 0 saturated heterocycles. The molecule has 3 rings (SSSR count). The van der Waals surface area contributed by atoms with Gasteiger partial charge in [-0.3, -0.25) is 4.79 Å². The van der Waals surface area contributed by atoms with E-state index in [0.717, 1.165) is 10.9 Å². The minimum atomic E-state index is -4.21. The van der Waals surface area contributed by atoms with E-state index in [9.17, 15) is 18.0 Å². The monoisotopic (exact) mass is 355 g/mol. The molecule has 126 valence electrons. The van der Waals surface area contributed by atoms with Gasteiger partial charge in [-0.1, -0.05) is 17.7 Å². The van der Waals surface area contributed by atoms with E-state index < -0.39 is 12.6 Å². The maximum atomic E-state index is 12.2. The summed E-state index contributed by atoms with van der Waals surface area (Å²) in [6.45, 7) is -0.107. The molecule has 0 atom stereocenters. The maximum Gasteiger partial charge on any atom is 0.389 e. The summed E-state index contributed by atoms with van der Waals surface area (Å²) >= 11 is 5.96. The number of aromatic amines is 1. The normalized spacial score (nSPS) is 12.0. The van der Waals surface area contributed by atoms with Crippen LogP contribution in [0, 0.1) is 0 Å². The van der Waals surface area contributed by atoms with Crippen molar-refractivity contribution in [1.82, 2.24) is 4.98 Å². The lowest BCUT2D eigenvalue weighted by Crippen LogP contribution is -2.11. The molecule has 1 N–H and O–H groups in total. The number of hydrogen-bond donors (Lipinski definition) is 1. The average molecular weight is 356 g/mol. The first-order chi connectivity index (χ1) is 11.3. The Morgan fingerprint density at radius 2 is 1.92 bits per heavy atom. The van der Waals surface area contributed by atoms with Crippen molar-refractivity contribution in [3.8, 4) is 17.0 Å². The third kappa shape index (κ3) is 3.82. The summed E-state index contributed by atoms with van der Waals surface area (Å²) in [5.74, 6) is 0.243. The van der Waals surface area contributed by atoms with Crippen LogP contribution in [0.2, 0.25) is 5.02 Å². The quantitative estimate of drug-likeness (QED) is 0.528. The van der Waals surface area contributed by atoms with Crippen LogP contribution in [-0.4, -0.2) is 17.8 Å². The van der Waals surface area contributed by atoms with Crippen LogP contribution >= 0.6 is 11.6 Å². The molecule has 2 aliphatic rings. The molecular formula is C17H13ClF3NO2. The second-order valence-electron chi connectivity index (χ2n) is 5.45. The Balaban J connectivity index is 1.87. The van der Waals surface area contributed by atoms with Gasteiger partial charge in [-0.25, -0.2) is 0 Å². The predicted octanol–water partition coefficient (Wildman–Crippen LogP) is 5.01. The molecule has 0 bridgehead atoms. The summed E-state index contributed by atoms with van der Waals surface area (Å²) in [6.07, 6.45) is -5.28. The molecule has 0 aromatic heterocycles. The first kappa shape index (κ1) is 16.6. The summed E-state index contributed by atoms with van der Waals surface area (Å²) < 4.78 is 41.6. The van der Waals surface area contributed by atoms with E-state index in [1.807, 2.05) is 0 Å². The van der Waals surface area contributed by atoms with Gasteiger partial charge in [0.25, 0.3) is 0 Å². The number of hydrogen-bond acceptors (Lipinski definition) is 2. The van der Waals surface area contributed by atoms with Gasteiger partial charge in [-0.2, -0.15) is 13.2 Å². The van der Waals surface area contributed by atoms with Crippen LogP contribution in [0.3, 0.4) is 0 Å². The minimum Gasteiger partial charge on any atom is -0.493 e. The second kappa shape index (κ2) is 6.36. The number of ether oxygens (including phenoxy) is 1. The average Bonchev–Trinajstić information content (AvgIpc) is 2.49. The Morgan fingerprint density at radius 3 is 2.67 bits per heavy atom. The molecule has 0 saturated carbocycles. The number of pyridine rings is 1. The molecule has 1 heterocycles. The molecule has 1 aliphatic heterocycles. The van der Waals surface area contributed by atoms with Crippen LogP contribution in [0.15, 0.2) is 41.2 Å². The maximum absolute atomic E-state index is 12.2. The standard InChI is InChI=1S/C17H13ClF3NO2/c18-11-3-2-10-6-13-15(22-14(10)7-11)8-12(9-16(13)23)24-5-1-4-17(19,20)21/h2-3,6-9,22H,1,4-5H2. The zero-order valence-corrected chi connectivity index (χ0v) is 13.2. The summed E-state index contributed by atoms with van der Waals surface area (Å²) in [5.41, 5.74) is 1.52. The molecule has 24 heavy (non-hydrogen) atoms. The van der Waals surface area contributed by atoms with Crippen LogP contribution < -0.4 is 10.2 Å². The van der Waals surface area contributed by atoms with Crippen LogP contribution in [0.1, 0.15) is 12.8 Å². The van der Waals surface area contributed by atoms with Gasteiger partial charge >= 0.3 is 6.18 Å². The van der Waals surface area contributed by atoms with Crippen molar-refractivity contribution in [2.24, 2.45) is 0 Å². The fraction of sp³-hybridized carbons (Fsp3) is 0.235. The van der Waals surface area contributed by atoms with Gasteiger partial charge in [-0.05, 0) is 30.0 Å². The largest absolute Gasteiger partial charge is 0.493 e. The van der Waals surface area contributed by atoms with Crippen molar-refractivity contribution in [1.29, 1.82) is 0 Å². The fourth-order valence-electron chi connectivity index (χ4n) is 2.46. The number of benzene rings is 2. The van der Waals surface area contributed by atoms with Crippen molar-refractivity contribution >= 4 is 22.5 Å². The van der Waals surface area contributed by atoms with E-state index in [0.29, 0.717) is 16.3 Å². The number of H-pyrrole nitrogens is 1. The van der Waals surface area contributed by atoms with Crippen LogP contribution in [0.25, 0.3) is 22.2 Å². The second-order valence-corrected chi connectivity index (χ2v) is 5.89. The Labute approximate surface area is 140 Å². The number of nitrogens with one attached hydrogen (secondary N) is 1. The number of fused-ring (bicyclic) bond motifs is 2. The molecule has 0 radical (unpaired) electrons. The Hall–Kier alpha value is -2.21. The lowest BCUT2D eigenvalue weighted by atomic mass is 10.1. The zero-order chi connectivity index (χ0) is 17.3. The highest BCUT2D eigenvalue weighted by Gasteiger charge is 2.26. The van der Waals surface area contributed by atoms with E-state index in [2.05, 4.69) is 4.98 Å². The summed E-state index contributed by atoms with van der Waals surface area (Å²) in [4.78, 5) is 15.3. The van der Waals surface area contributed by atoms with Gasteiger partial charge < -0.3 is 9.72 Å². The predicted molar refractivity (Wildman–Crippen MR) is 87.0 cm³/mol. The first-order valence-corrected chi connectivity index (χ1v) is 7.65. The third-order valence-corrected chi connectivity index (χ3v) is 3.81. The van der Waals surface area contributed by atoms with Gasteiger partial charge in [0, 0.05) is 34.7 Å². The van der Waals surface area contributed by atoms with Crippen molar-refractivity contribution < 1.29 is 17.9 Å². The Morgan fingerprint density at radius 1 is 1.12 bits per heavy atom. The zero-order valence-electron chi connectivity index (χ0n) is 12.4.